The Kier molecular flexibility index (Phi) is 8.41. The Morgan fingerprint density at radius 3 is 1.85 bits per heavy atom. The molecule has 0 fully saturated rings. The first-order valence-corrected chi connectivity index (χ1v) is 15.9. The zero-order valence-electron chi connectivity index (χ0n) is 26.1. The zero-order chi connectivity index (χ0) is 31.3. The van der Waals surface area contributed by atoms with E-state index in [1.165, 1.54) is 16.7 Å². The molecule has 0 aliphatic rings. The highest BCUT2D eigenvalue weighted by Crippen LogP contribution is 2.34. The van der Waals surface area contributed by atoms with Crippen molar-refractivity contribution in [3.05, 3.63) is 143 Å². The molecule has 228 valence electrons. The summed E-state index contributed by atoms with van der Waals surface area (Å²) >= 11 is 0. The Labute approximate surface area is 268 Å². The van der Waals surface area contributed by atoms with Gasteiger partial charge in [0.25, 0.3) is 0 Å². The second-order valence-electron chi connectivity index (χ2n) is 11.9. The van der Waals surface area contributed by atoms with Crippen LogP contribution in [0.1, 0.15) is 53.7 Å². The summed E-state index contributed by atoms with van der Waals surface area (Å²) in [5, 5.41) is 24.7. The SMILES string of the molecule is CC(C)c1nc2c(CCc3ccccc3)nnc(CCc3ccccc3)c2n1Cc1ccccc1-c1ccccc1-c1nn[nH]n1. The number of hydrogen-bond donors (Lipinski definition) is 1. The van der Waals surface area contributed by atoms with Gasteiger partial charge in [0.15, 0.2) is 0 Å². The number of rotatable bonds is 11. The van der Waals surface area contributed by atoms with E-state index in [1.807, 2.05) is 12.1 Å². The standard InChI is InChI=1S/C38H36N8/c1-26(2)38-39-35-33(23-21-27-13-5-3-6-14-27)40-41-34(24-22-28-15-7-4-8-16-28)36(35)46(38)25-29-17-9-10-18-30(29)31-19-11-12-20-32(31)37-42-44-45-43-37/h3-20,26H,21-25H2,1-2H3,(H,42,43,44,45). The molecule has 3 aromatic heterocycles. The molecule has 0 amide bonds. The molecule has 0 spiro atoms. The molecule has 0 aliphatic carbocycles. The average Bonchev–Trinajstić information content (AvgIpc) is 3.78. The predicted molar refractivity (Wildman–Crippen MR) is 181 cm³/mol. The number of nitrogens with zero attached hydrogens (tertiary/aromatic N) is 7. The van der Waals surface area contributed by atoms with Gasteiger partial charge in [-0.2, -0.15) is 15.4 Å². The normalized spacial score (nSPS) is 11.5. The topological polar surface area (TPSA) is 98.1 Å². The Hall–Kier alpha value is -5.50. The minimum atomic E-state index is 0.204. The highest BCUT2D eigenvalue weighted by atomic mass is 15.5. The summed E-state index contributed by atoms with van der Waals surface area (Å²) in [6.07, 6.45) is 3.31. The maximum atomic E-state index is 5.32. The van der Waals surface area contributed by atoms with Crippen LogP contribution < -0.4 is 0 Å². The van der Waals surface area contributed by atoms with Crippen LogP contribution in [-0.2, 0) is 32.2 Å². The van der Waals surface area contributed by atoms with Gasteiger partial charge >= 0.3 is 0 Å². The third-order valence-electron chi connectivity index (χ3n) is 8.49. The molecule has 1 N–H and O–H groups in total. The van der Waals surface area contributed by atoms with Gasteiger partial charge in [-0.1, -0.05) is 123 Å². The fourth-order valence-electron chi connectivity index (χ4n) is 6.21. The van der Waals surface area contributed by atoms with E-state index in [0.29, 0.717) is 12.4 Å². The van der Waals surface area contributed by atoms with Crippen LogP contribution >= 0.6 is 0 Å². The number of aromatic nitrogens is 8. The van der Waals surface area contributed by atoms with E-state index < -0.39 is 0 Å². The van der Waals surface area contributed by atoms with Crippen molar-refractivity contribution in [2.24, 2.45) is 0 Å². The largest absolute Gasteiger partial charge is 0.322 e. The lowest BCUT2D eigenvalue weighted by Gasteiger charge is -2.17. The number of nitrogens with one attached hydrogen (secondary N) is 1. The van der Waals surface area contributed by atoms with Crippen LogP contribution in [0.25, 0.3) is 33.5 Å². The molecule has 7 rings (SSSR count). The number of imidazole rings is 1. The minimum Gasteiger partial charge on any atom is -0.322 e. The number of benzene rings is 4. The quantitative estimate of drug-likeness (QED) is 0.165. The summed E-state index contributed by atoms with van der Waals surface area (Å²) in [7, 11) is 0. The fraction of sp³-hybridized carbons (Fsp3) is 0.211. The van der Waals surface area contributed by atoms with Crippen LogP contribution in [0.3, 0.4) is 0 Å². The molecule has 3 heterocycles. The van der Waals surface area contributed by atoms with Crippen LogP contribution in [0.2, 0.25) is 0 Å². The molecule has 8 heteroatoms. The molecule has 0 bridgehead atoms. The zero-order valence-corrected chi connectivity index (χ0v) is 26.1. The van der Waals surface area contributed by atoms with Gasteiger partial charge in [-0.15, -0.1) is 10.2 Å². The van der Waals surface area contributed by atoms with Crippen LogP contribution in [0.15, 0.2) is 109 Å². The maximum Gasteiger partial charge on any atom is 0.205 e. The number of aryl methyl sites for hydroxylation is 4. The molecule has 0 unspecified atom stereocenters. The maximum absolute atomic E-state index is 5.32. The van der Waals surface area contributed by atoms with Crippen LogP contribution in [-0.4, -0.2) is 40.4 Å². The molecule has 46 heavy (non-hydrogen) atoms. The second-order valence-corrected chi connectivity index (χ2v) is 11.9. The summed E-state index contributed by atoms with van der Waals surface area (Å²) in [4.78, 5) is 5.32. The second kappa shape index (κ2) is 13.2. The van der Waals surface area contributed by atoms with Crippen molar-refractivity contribution in [1.82, 2.24) is 40.4 Å². The highest BCUT2D eigenvalue weighted by Gasteiger charge is 2.23. The molecule has 0 saturated carbocycles. The highest BCUT2D eigenvalue weighted by molar-refractivity contribution is 5.83. The number of H-pyrrole nitrogens is 1. The molecule has 4 aromatic carbocycles. The molecule has 0 radical (unpaired) electrons. The van der Waals surface area contributed by atoms with Crippen molar-refractivity contribution in [2.45, 2.75) is 52.0 Å². The smallest absolute Gasteiger partial charge is 0.205 e. The Balaban J connectivity index is 1.35. The minimum absolute atomic E-state index is 0.204. The van der Waals surface area contributed by atoms with Gasteiger partial charge in [-0.3, -0.25) is 0 Å². The van der Waals surface area contributed by atoms with E-state index in [2.05, 4.69) is 136 Å². The molecule has 0 saturated heterocycles. The lowest BCUT2D eigenvalue weighted by atomic mass is 9.95. The van der Waals surface area contributed by atoms with Crippen molar-refractivity contribution >= 4 is 11.0 Å². The molecule has 8 nitrogen and oxygen atoms in total. The van der Waals surface area contributed by atoms with Crippen LogP contribution in [0, 0.1) is 0 Å². The summed E-state index contributed by atoms with van der Waals surface area (Å²) in [5.41, 5.74) is 10.8. The number of aromatic amines is 1. The van der Waals surface area contributed by atoms with E-state index in [-0.39, 0.29) is 5.92 Å². The average molecular weight is 605 g/mol. The van der Waals surface area contributed by atoms with E-state index in [0.717, 1.165) is 70.6 Å². The number of hydrogen-bond acceptors (Lipinski definition) is 6. The summed E-state index contributed by atoms with van der Waals surface area (Å²) in [6.45, 7) is 5.07. The van der Waals surface area contributed by atoms with E-state index in [9.17, 15) is 0 Å². The van der Waals surface area contributed by atoms with E-state index >= 15 is 0 Å². The molecular formula is C38H36N8. The fourth-order valence-corrected chi connectivity index (χ4v) is 6.21. The Morgan fingerprint density at radius 2 is 1.20 bits per heavy atom. The summed E-state index contributed by atoms with van der Waals surface area (Å²) in [6, 6.07) is 37.9. The summed E-state index contributed by atoms with van der Waals surface area (Å²) < 4.78 is 2.39. The Morgan fingerprint density at radius 1 is 0.609 bits per heavy atom. The lowest BCUT2D eigenvalue weighted by Crippen LogP contribution is -2.11. The van der Waals surface area contributed by atoms with Gasteiger partial charge in [0.2, 0.25) is 5.82 Å². The third kappa shape index (κ3) is 6.06. The van der Waals surface area contributed by atoms with E-state index in [1.54, 1.807) is 0 Å². The number of fused-ring (bicyclic) bond motifs is 1. The van der Waals surface area contributed by atoms with Gasteiger partial charge in [0.05, 0.1) is 23.4 Å². The van der Waals surface area contributed by atoms with Gasteiger partial charge in [-0.25, -0.2) is 4.98 Å². The van der Waals surface area contributed by atoms with Gasteiger partial charge in [0, 0.05) is 11.5 Å². The first-order chi connectivity index (χ1) is 22.7. The first-order valence-electron chi connectivity index (χ1n) is 15.9. The Bertz CT molecular complexity index is 2050. The molecule has 0 atom stereocenters. The van der Waals surface area contributed by atoms with Crippen molar-refractivity contribution in [1.29, 1.82) is 0 Å². The third-order valence-corrected chi connectivity index (χ3v) is 8.49. The monoisotopic (exact) mass is 604 g/mol. The van der Waals surface area contributed by atoms with Gasteiger partial charge in [-0.05, 0) is 58.7 Å². The van der Waals surface area contributed by atoms with Crippen molar-refractivity contribution in [2.75, 3.05) is 0 Å². The van der Waals surface area contributed by atoms with Crippen LogP contribution in [0.5, 0.6) is 0 Å². The van der Waals surface area contributed by atoms with E-state index in [4.69, 9.17) is 15.2 Å². The lowest BCUT2D eigenvalue weighted by molar-refractivity contribution is 0.680. The van der Waals surface area contributed by atoms with Crippen LogP contribution in [0.4, 0.5) is 0 Å². The van der Waals surface area contributed by atoms with Crippen molar-refractivity contribution < 1.29 is 0 Å². The van der Waals surface area contributed by atoms with Gasteiger partial charge < -0.3 is 4.57 Å². The molecule has 0 aliphatic heterocycles. The first kappa shape index (κ1) is 29.2. The predicted octanol–water partition coefficient (Wildman–Crippen LogP) is 7.42. The molecular weight excluding hydrogens is 568 g/mol. The number of tetrazole rings is 1. The van der Waals surface area contributed by atoms with Crippen molar-refractivity contribution in [3.8, 4) is 22.5 Å². The van der Waals surface area contributed by atoms with Crippen molar-refractivity contribution in [3.63, 3.8) is 0 Å². The summed E-state index contributed by atoms with van der Waals surface area (Å²) in [5.74, 6) is 1.81. The molecule has 7 aromatic rings. The van der Waals surface area contributed by atoms with Gasteiger partial charge in [0.1, 0.15) is 11.3 Å².